The van der Waals surface area contributed by atoms with Crippen molar-refractivity contribution in [3.8, 4) is 0 Å². The Kier molecular flexibility index (Phi) is 5.64. The molecule has 1 aliphatic heterocycles. The Bertz CT molecular complexity index is 562. The lowest BCUT2D eigenvalue weighted by Gasteiger charge is -2.38. The van der Waals surface area contributed by atoms with Gasteiger partial charge in [0.2, 0.25) is 0 Å². The molecule has 0 N–H and O–H groups in total. The summed E-state index contributed by atoms with van der Waals surface area (Å²) in [6.07, 6.45) is 14.3. The van der Waals surface area contributed by atoms with Crippen LogP contribution >= 0.6 is 0 Å². The number of nitrogens with zero attached hydrogens (tertiary/aromatic N) is 3. The lowest BCUT2D eigenvalue weighted by atomic mass is 9.96. The Morgan fingerprint density at radius 1 is 1.32 bits per heavy atom. The monoisotopic (exact) mass is 297 g/mol. The molecule has 0 radical (unpaired) electrons. The summed E-state index contributed by atoms with van der Waals surface area (Å²) in [6, 6.07) is 0.167. The Morgan fingerprint density at radius 3 is 2.59 bits per heavy atom. The molecule has 0 unspecified atom stereocenters. The minimum atomic E-state index is -0.0225. The van der Waals surface area contributed by atoms with Crippen LogP contribution in [0.3, 0.4) is 0 Å². The number of aryl methyl sites for hydroxylation is 1. The summed E-state index contributed by atoms with van der Waals surface area (Å²) < 4.78 is 0. The van der Waals surface area contributed by atoms with Crippen molar-refractivity contribution < 1.29 is 4.79 Å². The molecule has 2 atom stereocenters. The zero-order chi connectivity index (χ0) is 15.9. The molecule has 1 aromatic rings. The van der Waals surface area contributed by atoms with E-state index in [1.165, 1.54) is 0 Å². The summed E-state index contributed by atoms with van der Waals surface area (Å²) in [5, 5.41) is 0. The van der Waals surface area contributed by atoms with Gasteiger partial charge < -0.3 is 4.90 Å². The molecule has 2 rings (SSSR count). The van der Waals surface area contributed by atoms with Gasteiger partial charge in [0.05, 0.1) is 11.6 Å². The molecule has 2 heterocycles. The molecule has 4 nitrogen and oxygen atoms in total. The summed E-state index contributed by atoms with van der Waals surface area (Å²) in [7, 11) is 0. The highest BCUT2D eigenvalue weighted by molar-refractivity contribution is 5.94. The van der Waals surface area contributed by atoms with Gasteiger partial charge in [-0.2, -0.15) is 0 Å². The van der Waals surface area contributed by atoms with Crippen molar-refractivity contribution in [1.29, 1.82) is 0 Å². The fourth-order valence-electron chi connectivity index (χ4n) is 2.75. The van der Waals surface area contributed by atoms with Crippen LogP contribution in [-0.2, 0) is 6.42 Å². The number of amides is 1. The molecule has 1 amide bonds. The van der Waals surface area contributed by atoms with E-state index >= 15 is 0 Å². The molecule has 1 aliphatic rings. The average Bonchev–Trinajstić information content (AvgIpc) is 2.55. The normalized spacial score (nSPS) is 20.7. The van der Waals surface area contributed by atoms with Crippen molar-refractivity contribution in [3.05, 3.63) is 61.2 Å². The zero-order valence-corrected chi connectivity index (χ0v) is 13.1. The molecule has 0 saturated carbocycles. The molecule has 0 bridgehead atoms. The Balaban J connectivity index is 2.28. The van der Waals surface area contributed by atoms with E-state index in [0.717, 1.165) is 31.5 Å². The SMILES string of the molecule is C=CC[C@@H]1CC=C[C@@H](CC=C)N1C(=O)c1cnc(CC)nc1. The second-order valence-electron chi connectivity index (χ2n) is 5.39. The first kappa shape index (κ1) is 16.1. The van der Waals surface area contributed by atoms with Crippen LogP contribution in [0.15, 0.2) is 49.9 Å². The van der Waals surface area contributed by atoms with Gasteiger partial charge in [-0.25, -0.2) is 9.97 Å². The Labute approximate surface area is 132 Å². The number of hydrogen-bond acceptors (Lipinski definition) is 3. The van der Waals surface area contributed by atoms with Gasteiger partial charge in [-0.3, -0.25) is 4.79 Å². The summed E-state index contributed by atoms with van der Waals surface area (Å²) in [5.74, 6) is 0.728. The maximum absolute atomic E-state index is 12.9. The van der Waals surface area contributed by atoms with Gasteiger partial charge in [-0.1, -0.05) is 31.2 Å². The summed E-state index contributed by atoms with van der Waals surface area (Å²) in [4.78, 5) is 23.3. The average molecular weight is 297 g/mol. The summed E-state index contributed by atoms with van der Waals surface area (Å²) in [5.41, 5.74) is 0.538. The van der Waals surface area contributed by atoms with E-state index < -0.39 is 0 Å². The van der Waals surface area contributed by atoms with Gasteiger partial charge in [0.1, 0.15) is 5.82 Å². The third kappa shape index (κ3) is 3.50. The number of rotatable bonds is 6. The van der Waals surface area contributed by atoms with Crippen LogP contribution in [0.4, 0.5) is 0 Å². The molecule has 4 heteroatoms. The third-order valence-corrected chi connectivity index (χ3v) is 3.87. The highest BCUT2D eigenvalue weighted by atomic mass is 16.2. The van der Waals surface area contributed by atoms with Crippen LogP contribution < -0.4 is 0 Å². The molecular weight excluding hydrogens is 274 g/mol. The van der Waals surface area contributed by atoms with E-state index in [9.17, 15) is 4.79 Å². The topological polar surface area (TPSA) is 46.1 Å². The predicted octanol–water partition coefficient (Wildman–Crippen LogP) is 3.33. The van der Waals surface area contributed by atoms with E-state index in [-0.39, 0.29) is 18.0 Å². The second kappa shape index (κ2) is 7.69. The maximum atomic E-state index is 12.9. The molecule has 0 spiro atoms. The molecule has 1 aromatic heterocycles. The molecule has 0 fully saturated rings. The highest BCUT2D eigenvalue weighted by Gasteiger charge is 2.31. The first-order valence-corrected chi connectivity index (χ1v) is 7.73. The molecule has 0 aromatic carbocycles. The minimum absolute atomic E-state index is 0.0225. The fraction of sp³-hybridized carbons (Fsp3) is 0.389. The smallest absolute Gasteiger partial charge is 0.257 e. The predicted molar refractivity (Wildman–Crippen MR) is 88.5 cm³/mol. The Morgan fingerprint density at radius 2 is 2.00 bits per heavy atom. The van der Waals surface area contributed by atoms with Crippen molar-refractivity contribution >= 4 is 5.91 Å². The summed E-state index contributed by atoms with van der Waals surface area (Å²) in [6.45, 7) is 9.60. The van der Waals surface area contributed by atoms with Crippen molar-refractivity contribution in [2.45, 2.75) is 44.7 Å². The van der Waals surface area contributed by atoms with Crippen LogP contribution in [0.2, 0.25) is 0 Å². The molecular formula is C18H23N3O. The molecule has 22 heavy (non-hydrogen) atoms. The lowest BCUT2D eigenvalue weighted by molar-refractivity contribution is 0.0606. The maximum Gasteiger partial charge on any atom is 0.257 e. The molecule has 0 aliphatic carbocycles. The number of carbonyl (C=O) groups is 1. The number of aromatic nitrogens is 2. The quantitative estimate of drug-likeness (QED) is 0.757. The van der Waals surface area contributed by atoms with Crippen molar-refractivity contribution in [2.75, 3.05) is 0 Å². The van der Waals surface area contributed by atoms with Gasteiger partial charge >= 0.3 is 0 Å². The van der Waals surface area contributed by atoms with E-state index in [0.29, 0.717) is 5.56 Å². The van der Waals surface area contributed by atoms with Crippen LogP contribution in [0.25, 0.3) is 0 Å². The molecule has 0 saturated heterocycles. The van der Waals surface area contributed by atoms with E-state index in [1.54, 1.807) is 12.4 Å². The standard InChI is InChI=1S/C18H23N3O/c1-4-8-15-10-7-11-16(9-5-2)21(15)18(22)14-12-19-17(6-3)20-13-14/h4-5,7,10,12-13,15-16H,1-2,6,8-9,11H2,3H3/t15-,16-/m1/s1. The van der Waals surface area contributed by atoms with Crippen LogP contribution in [0, 0.1) is 0 Å². The third-order valence-electron chi connectivity index (χ3n) is 3.87. The largest absolute Gasteiger partial charge is 0.328 e. The van der Waals surface area contributed by atoms with Gasteiger partial charge in [-0.15, -0.1) is 13.2 Å². The van der Waals surface area contributed by atoms with E-state index in [4.69, 9.17) is 0 Å². The number of carbonyl (C=O) groups excluding carboxylic acids is 1. The first-order chi connectivity index (χ1) is 10.7. The van der Waals surface area contributed by atoms with Crippen molar-refractivity contribution in [1.82, 2.24) is 14.9 Å². The van der Waals surface area contributed by atoms with Crippen molar-refractivity contribution in [3.63, 3.8) is 0 Å². The van der Waals surface area contributed by atoms with Crippen LogP contribution in [-0.4, -0.2) is 32.9 Å². The highest BCUT2D eigenvalue weighted by Crippen LogP contribution is 2.24. The Hall–Kier alpha value is -2.23. The summed E-state index contributed by atoms with van der Waals surface area (Å²) >= 11 is 0. The van der Waals surface area contributed by atoms with Crippen LogP contribution in [0.1, 0.15) is 42.4 Å². The number of hydrogen-bond donors (Lipinski definition) is 0. The minimum Gasteiger partial charge on any atom is -0.328 e. The first-order valence-electron chi connectivity index (χ1n) is 7.73. The van der Waals surface area contributed by atoms with Gasteiger partial charge in [-0.05, 0) is 19.3 Å². The molecule has 116 valence electrons. The van der Waals surface area contributed by atoms with Gasteiger partial charge in [0, 0.05) is 24.9 Å². The van der Waals surface area contributed by atoms with E-state index in [1.807, 2.05) is 24.0 Å². The lowest BCUT2D eigenvalue weighted by Crippen LogP contribution is -2.48. The van der Waals surface area contributed by atoms with Crippen molar-refractivity contribution in [2.24, 2.45) is 0 Å². The van der Waals surface area contributed by atoms with Crippen LogP contribution in [0.5, 0.6) is 0 Å². The zero-order valence-electron chi connectivity index (χ0n) is 13.1. The fourth-order valence-corrected chi connectivity index (χ4v) is 2.75. The second-order valence-corrected chi connectivity index (χ2v) is 5.39. The van der Waals surface area contributed by atoms with E-state index in [2.05, 4.69) is 35.3 Å². The van der Waals surface area contributed by atoms with Gasteiger partial charge in [0.25, 0.3) is 5.91 Å². The van der Waals surface area contributed by atoms with Gasteiger partial charge in [0.15, 0.2) is 0 Å².